The standard InChI is InChI=1S/C20H28N4O2S/c1-3-7-17-12-21-18(27-17)22-19(25)23(2)14-20(26)10-11-24(15-20)13-16-8-5-4-6-9-16/h4-6,8-9,12,26H,3,7,10-11,13-15H2,1-2H3,(H,21,22,25)/t20-/m1/s1. The summed E-state index contributed by atoms with van der Waals surface area (Å²) in [6, 6.07) is 10.0. The number of thiazole rings is 1. The van der Waals surface area contributed by atoms with Crippen molar-refractivity contribution in [2.75, 3.05) is 32.0 Å². The van der Waals surface area contributed by atoms with Crippen LogP contribution in [0.3, 0.4) is 0 Å². The summed E-state index contributed by atoms with van der Waals surface area (Å²) in [6.45, 7) is 4.63. The van der Waals surface area contributed by atoms with Crippen LogP contribution in [0.2, 0.25) is 0 Å². The highest BCUT2D eigenvalue weighted by Crippen LogP contribution is 2.25. The molecule has 1 aliphatic heterocycles. The number of aryl methyl sites for hydroxylation is 1. The van der Waals surface area contributed by atoms with Crippen LogP contribution in [0.25, 0.3) is 0 Å². The van der Waals surface area contributed by atoms with Gasteiger partial charge in [-0.05, 0) is 18.4 Å². The largest absolute Gasteiger partial charge is 0.387 e. The molecule has 2 amide bonds. The molecule has 1 aromatic carbocycles. The molecule has 0 radical (unpaired) electrons. The number of amides is 2. The second kappa shape index (κ2) is 8.82. The zero-order valence-corrected chi connectivity index (χ0v) is 16.8. The van der Waals surface area contributed by atoms with E-state index in [4.69, 9.17) is 0 Å². The minimum atomic E-state index is -0.878. The Morgan fingerprint density at radius 1 is 1.41 bits per heavy atom. The Hall–Kier alpha value is -1.96. The van der Waals surface area contributed by atoms with Gasteiger partial charge >= 0.3 is 6.03 Å². The summed E-state index contributed by atoms with van der Waals surface area (Å²) in [5.41, 5.74) is 0.358. The maximum absolute atomic E-state index is 12.4. The van der Waals surface area contributed by atoms with Crippen molar-refractivity contribution in [3.8, 4) is 0 Å². The van der Waals surface area contributed by atoms with Gasteiger partial charge in [0.25, 0.3) is 0 Å². The molecule has 0 aliphatic carbocycles. The molecule has 3 rings (SSSR count). The Morgan fingerprint density at radius 3 is 2.93 bits per heavy atom. The number of β-amino-alcohol motifs (C(OH)–C–C–N with tert-alkyl or cyclic N) is 1. The summed E-state index contributed by atoms with van der Waals surface area (Å²) in [5.74, 6) is 0. The topological polar surface area (TPSA) is 68.7 Å². The third kappa shape index (κ3) is 5.51. The maximum atomic E-state index is 12.4. The second-order valence-corrected chi connectivity index (χ2v) is 8.45. The molecule has 2 N–H and O–H groups in total. The van der Waals surface area contributed by atoms with E-state index in [9.17, 15) is 9.90 Å². The van der Waals surface area contributed by atoms with Crippen molar-refractivity contribution in [3.05, 3.63) is 47.0 Å². The Balaban J connectivity index is 1.50. The van der Waals surface area contributed by atoms with E-state index in [2.05, 4.69) is 34.3 Å². The summed E-state index contributed by atoms with van der Waals surface area (Å²) in [7, 11) is 1.72. The number of aliphatic hydroxyl groups is 1. The second-order valence-electron chi connectivity index (χ2n) is 7.34. The highest BCUT2D eigenvalue weighted by Gasteiger charge is 2.37. The van der Waals surface area contributed by atoms with Gasteiger partial charge in [-0.2, -0.15) is 0 Å². The summed E-state index contributed by atoms with van der Waals surface area (Å²) in [5, 5.41) is 14.4. The normalized spacial score (nSPS) is 20.0. The van der Waals surface area contributed by atoms with Crippen LogP contribution in [0.1, 0.15) is 30.2 Å². The van der Waals surface area contributed by atoms with Crippen molar-refractivity contribution >= 4 is 22.5 Å². The first-order valence-corrected chi connectivity index (χ1v) is 10.2. The number of carbonyl (C=O) groups is 1. The molecule has 2 heterocycles. The van der Waals surface area contributed by atoms with E-state index in [1.807, 2.05) is 24.4 Å². The lowest BCUT2D eigenvalue weighted by Gasteiger charge is -2.29. The molecule has 2 aromatic rings. The fourth-order valence-corrected chi connectivity index (χ4v) is 4.38. The first-order chi connectivity index (χ1) is 13.0. The van der Waals surface area contributed by atoms with E-state index in [1.165, 1.54) is 21.8 Å². The minimum absolute atomic E-state index is 0.234. The zero-order chi connectivity index (χ0) is 19.3. The number of carbonyl (C=O) groups excluding carboxylic acids is 1. The van der Waals surface area contributed by atoms with Crippen LogP contribution in [0, 0.1) is 0 Å². The molecular weight excluding hydrogens is 360 g/mol. The van der Waals surface area contributed by atoms with Crippen LogP contribution in [0.15, 0.2) is 36.5 Å². The lowest BCUT2D eigenvalue weighted by molar-refractivity contribution is 0.0275. The lowest BCUT2D eigenvalue weighted by atomic mass is 10.0. The average Bonchev–Trinajstić information content (AvgIpc) is 3.23. The van der Waals surface area contributed by atoms with Crippen molar-refractivity contribution in [3.63, 3.8) is 0 Å². The summed E-state index contributed by atoms with van der Waals surface area (Å²) in [4.78, 5) is 21.6. The number of benzene rings is 1. The maximum Gasteiger partial charge on any atom is 0.323 e. The third-order valence-electron chi connectivity index (χ3n) is 4.80. The number of rotatable bonds is 7. The number of likely N-dealkylation sites (N-methyl/N-ethyl adjacent to an activating group) is 1. The predicted molar refractivity (Wildman–Crippen MR) is 109 cm³/mol. The van der Waals surface area contributed by atoms with Crippen molar-refractivity contribution in [1.29, 1.82) is 0 Å². The molecule has 0 bridgehead atoms. The first kappa shape index (κ1) is 19.8. The molecule has 1 saturated heterocycles. The molecule has 0 spiro atoms. The molecule has 1 aromatic heterocycles. The summed E-state index contributed by atoms with van der Waals surface area (Å²) < 4.78 is 0. The van der Waals surface area contributed by atoms with Gasteiger partial charge in [-0.25, -0.2) is 9.78 Å². The van der Waals surface area contributed by atoms with Gasteiger partial charge in [0, 0.05) is 37.8 Å². The fraction of sp³-hybridized carbons (Fsp3) is 0.500. The molecule has 0 unspecified atom stereocenters. The minimum Gasteiger partial charge on any atom is -0.387 e. The summed E-state index contributed by atoms with van der Waals surface area (Å²) >= 11 is 1.51. The van der Waals surface area contributed by atoms with Gasteiger partial charge in [0.2, 0.25) is 0 Å². The number of hydrogen-bond acceptors (Lipinski definition) is 5. The van der Waals surface area contributed by atoms with Crippen LogP contribution in [-0.2, 0) is 13.0 Å². The summed E-state index contributed by atoms with van der Waals surface area (Å²) in [6.07, 6.45) is 4.51. The van der Waals surface area contributed by atoms with E-state index >= 15 is 0 Å². The van der Waals surface area contributed by atoms with Crippen LogP contribution in [-0.4, -0.2) is 58.2 Å². The van der Waals surface area contributed by atoms with Gasteiger partial charge in [-0.1, -0.05) is 43.7 Å². The molecular formula is C20H28N4O2S. The molecule has 1 atom stereocenters. The number of nitrogens with zero attached hydrogens (tertiary/aromatic N) is 3. The van der Waals surface area contributed by atoms with Crippen molar-refractivity contribution in [2.24, 2.45) is 0 Å². The van der Waals surface area contributed by atoms with Crippen molar-refractivity contribution < 1.29 is 9.90 Å². The highest BCUT2D eigenvalue weighted by atomic mass is 32.1. The number of aromatic nitrogens is 1. The molecule has 27 heavy (non-hydrogen) atoms. The molecule has 1 fully saturated rings. The van der Waals surface area contributed by atoms with Crippen LogP contribution >= 0.6 is 11.3 Å². The fourth-order valence-electron chi connectivity index (χ4n) is 3.47. The van der Waals surface area contributed by atoms with Gasteiger partial charge in [-0.3, -0.25) is 10.2 Å². The first-order valence-electron chi connectivity index (χ1n) is 9.43. The van der Waals surface area contributed by atoms with Crippen LogP contribution in [0.5, 0.6) is 0 Å². The highest BCUT2D eigenvalue weighted by molar-refractivity contribution is 7.15. The van der Waals surface area contributed by atoms with E-state index in [0.717, 1.165) is 25.9 Å². The van der Waals surface area contributed by atoms with Crippen molar-refractivity contribution in [1.82, 2.24) is 14.8 Å². The Kier molecular flexibility index (Phi) is 6.46. The average molecular weight is 389 g/mol. The van der Waals surface area contributed by atoms with Gasteiger partial charge in [0.05, 0.1) is 12.1 Å². The van der Waals surface area contributed by atoms with Crippen LogP contribution in [0.4, 0.5) is 9.93 Å². The number of nitrogens with one attached hydrogen (secondary N) is 1. The smallest absolute Gasteiger partial charge is 0.323 e. The quantitative estimate of drug-likeness (QED) is 0.764. The van der Waals surface area contributed by atoms with E-state index in [0.29, 0.717) is 24.6 Å². The van der Waals surface area contributed by atoms with E-state index in [1.54, 1.807) is 11.9 Å². The van der Waals surface area contributed by atoms with Crippen molar-refractivity contribution in [2.45, 2.75) is 38.3 Å². The molecule has 6 nitrogen and oxygen atoms in total. The monoisotopic (exact) mass is 388 g/mol. The Bertz CT molecular complexity index is 751. The van der Waals surface area contributed by atoms with Gasteiger partial charge < -0.3 is 10.0 Å². The molecule has 0 saturated carbocycles. The Morgan fingerprint density at radius 2 is 2.19 bits per heavy atom. The number of anilines is 1. The molecule has 146 valence electrons. The SMILES string of the molecule is CCCc1cnc(NC(=O)N(C)C[C@]2(O)CCN(Cc3ccccc3)C2)s1. The zero-order valence-electron chi connectivity index (χ0n) is 16.0. The number of hydrogen-bond donors (Lipinski definition) is 2. The van der Waals surface area contributed by atoms with E-state index in [-0.39, 0.29) is 6.03 Å². The predicted octanol–water partition coefficient (Wildman–Crippen LogP) is 3.20. The molecule has 1 aliphatic rings. The lowest BCUT2D eigenvalue weighted by Crippen LogP contribution is -2.46. The Labute approximate surface area is 164 Å². The number of urea groups is 1. The van der Waals surface area contributed by atoms with E-state index < -0.39 is 5.60 Å². The molecule has 7 heteroatoms. The van der Waals surface area contributed by atoms with Crippen LogP contribution < -0.4 is 5.32 Å². The van der Waals surface area contributed by atoms with Gasteiger partial charge in [-0.15, -0.1) is 11.3 Å². The third-order valence-corrected chi connectivity index (χ3v) is 5.77. The number of likely N-dealkylation sites (tertiary alicyclic amines) is 1. The van der Waals surface area contributed by atoms with Gasteiger partial charge in [0.1, 0.15) is 0 Å². The van der Waals surface area contributed by atoms with Gasteiger partial charge in [0.15, 0.2) is 5.13 Å².